The Morgan fingerprint density at radius 1 is 0.800 bits per heavy atom. The van der Waals surface area contributed by atoms with Gasteiger partial charge in [0.05, 0.1) is 11.0 Å². The molecule has 0 unspecified atom stereocenters. The van der Waals surface area contributed by atoms with Gasteiger partial charge in [-0.25, -0.2) is 9.59 Å². The lowest BCUT2D eigenvalue weighted by molar-refractivity contribution is -0.000620. The molecule has 2 amide bonds. The summed E-state index contributed by atoms with van der Waals surface area (Å²) in [6.07, 6.45) is -3.22. The number of nitrogens with zero attached hydrogens (tertiary/aromatic N) is 2. The number of carbonyl (C=O) groups is 2. The molecule has 1 heterocycles. The van der Waals surface area contributed by atoms with Crippen molar-refractivity contribution in [3.05, 3.63) is 0 Å². The monoisotopic (exact) mass is 294 g/mol. The molecule has 6 heteroatoms. The lowest BCUT2D eigenvalue weighted by Gasteiger charge is -2.36. The molecule has 1 saturated heterocycles. The van der Waals surface area contributed by atoms with Gasteiger partial charge in [-0.1, -0.05) is 0 Å². The first kappa shape index (κ1) is 8.10. The molecule has 0 aromatic carbocycles. The summed E-state index contributed by atoms with van der Waals surface area (Å²) in [5.74, 6) is 0. The third-order valence-electron chi connectivity index (χ3n) is 1.70. The molecule has 0 bridgehead atoms. The highest BCUT2D eigenvalue weighted by Gasteiger charge is 2.29. The molecule has 6 nitrogen and oxygen atoms in total. The van der Waals surface area contributed by atoms with E-state index < -0.39 is 49.4 Å². The van der Waals surface area contributed by atoms with Crippen molar-refractivity contribution in [1.29, 1.82) is 0 Å². The Morgan fingerprint density at radius 2 is 1.05 bits per heavy atom. The van der Waals surface area contributed by atoms with Crippen LogP contribution in [0.1, 0.15) is 52.5 Å². The van der Waals surface area contributed by atoms with Crippen LogP contribution in [-0.2, 0) is 9.47 Å². The summed E-state index contributed by atoms with van der Waals surface area (Å²) in [6.45, 7) is -5.43. The first-order valence-electron chi connectivity index (χ1n) is 10.1. The minimum absolute atomic E-state index is 0.286. The highest BCUT2D eigenvalue weighted by molar-refractivity contribution is 5.70. The van der Waals surface area contributed by atoms with Crippen molar-refractivity contribution >= 4 is 12.2 Å². The van der Waals surface area contributed by atoms with Crippen LogP contribution in [0.2, 0.25) is 0 Å². The largest absolute Gasteiger partial charge is 0.444 e. The van der Waals surface area contributed by atoms with Crippen molar-refractivity contribution in [3.8, 4) is 0 Å². The predicted molar refractivity (Wildman–Crippen MR) is 75.6 cm³/mol. The van der Waals surface area contributed by atoms with Gasteiger partial charge in [-0.15, -0.1) is 0 Å². The Labute approximate surface area is 132 Å². The highest BCUT2D eigenvalue weighted by atomic mass is 16.6. The van der Waals surface area contributed by atoms with Gasteiger partial charge in [-0.05, 0) is 41.5 Å². The van der Waals surface area contributed by atoms with Crippen molar-refractivity contribution in [2.75, 3.05) is 26.0 Å². The van der Waals surface area contributed by atoms with Crippen LogP contribution in [-0.4, -0.2) is 59.2 Å². The van der Waals surface area contributed by atoms with Crippen LogP contribution in [0.15, 0.2) is 0 Å². The zero-order valence-corrected chi connectivity index (χ0v) is 12.5. The van der Waals surface area contributed by atoms with Gasteiger partial charge < -0.3 is 19.3 Å². The van der Waals surface area contributed by atoms with Crippen LogP contribution in [0.25, 0.3) is 0 Å². The third-order valence-corrected chi connectivity index (χ3v) is 1.70. The molecule has 0 atom stereocenters. The van der Waals surface area contributed by atoms with E-state index in [1.807, 2.05) is 0 Å². The Balaban J connectivity index is 3.61. The van der Waals surface area contributed by atoms with Gasteiger partial charge in [-0.3, -0.25) is 0 Å². The average molecular weight is 294 g/mol. The first-order valence-corrected chi connectivity index (χ1v) is 6.07. The Bertz CT molecular complexity index is 571. The molecule has 1 aliphatic rings. The third kappa shape index (κ3) is 5.67. The Morgan fingerprint density at radius 3 is 1.25 bits per heavy atom. The molecule has 0 spiro atoms. The molecule has 1 aliphatic heterocycles. The highest BCUT2D eigenvalue weighted by Crippen LogP contribution is 2.14. The quantitative estimate of drug-likeness (QED) is 0.688. The number of ether oxygens (including phenoxy) is 2. The van der Waals surface area contributed by atoms with Crippen LogP contribution in [0.3, 0.4) is 0 Å². The number of rotatable bonds is 0. The lowest BCUT2D eigenvalue weighted by atomic mass is 10.2. The summed E-state index contributed by atoms with van der Waals surface area (Å²) in [4.78, 5) is 24.4. The number of carbonyl (C=O) groups excluding carboxylic acids is 2. The predicted octanol–water partition coefficient (Wildman–Crippen LogP) is 2.47. The van der Waals surface area contributed by atoms with E-state index in [0.29, 0.717) is 0 Å². The summed E-state index contributed by atoms with van der Waals surface area (Å²) in [5, 5.41) is 0. The van der Waals surface area contributed by atoms with Crippen LogP contribution in [0.5, 0.6) is 0 Å². The van der Waals surface area contributed by atoms with Crippen molar-refractivity contribution in [2.45, 2.75) is 52.7 Å². The second-order valence-electron chi connectivity index (χ2n) is 6.08. The SMILES string of the molecule is [2H]C1([2H])N(C(=O)OC(C)(C)C)C([2H])([2H])C([2H])([2H])N(C(=O)OC(C)(C)C)C1([2H])[2H]. The van der Waals surface area contributed by atoms with Crippen molar-refractivity contribution in [3.63, 3.8) is 0 Å². The first-order chi connectivity index (χ1) is 12.0. The average Bonchev–Trinajstić information content (AvgIpc) is 2.30. The fourth-order valence-corrected chi connectivity index (χ4v) is 1.05. The van der Waals surface area contributed by atoms with E-state index >= 15 is 0 Å². The maximum atomic E-state index is 12.5. The molecular weight excluding hydrogens is 260 g/mol. The topological polar surface area (TPSA) is 59.1 Å². The van der Waals surface area contributed by atoms with Crippen LogP contribution in [0.4, 0.5) is 9.59 Å². The number of hydrogen-bond donors (Lipinski definition) is 0. The zero-order valence-electron chi connectivity index (χ0n) is 20.5. The molecule has 0 radical (unpaired) electrons. The number of amides is 2. The molecule has 1 rings (SSSR count). The molecule has 1 fully saturated rings. The van der Waals surface area contributed by atoms with Gasteiger partial charge >= 0.3 is 12.2 Å². The molecule has 0 saturated carbocycles. The summed E-state index contributed by atoms with van der Waals surface area (Å²) in [5.41, 5.74) is -2.38. The fourth-order valence-electron chi connectivity index (χ4n) is 1.05. The Hall–Kier alpha value is -1.46. The minimum Gasteiger partial charge on any atom is -0.444 e. The number of piperazine rings is 1. The Kier molecular flexibility index (Phi) is 2.39. The molecular formula is C14H26N2O4. The van der Waals surface area contributed by atoms with E-state index in [0.717, 1.165) is 0 Å². The van der Waals surface area contributed by atoms with Crippen LogP contribution in [0, 0.1) is 0 Å². The smallest absolute Gasteiger partial charge is 0.410 e. The molecule has 116 valence electrons. The summed E-state index contributed by atoms with van der Waals surface area (Å²) < 4.78 is 74.5. The fraction of sp³-hybridized carbons (Fsp3) is 0.857. The van der Waals surface area contributed by atoms with E-state index in [1.165, 1.54) is 41.5 Å². The normalized spacial score (nSPS) is 32.9. The van der Waals surface area contributed by atoms with Crippen molar-refractivity contribution in [2.24, 2.45) is 0 Å². The summed E-state index contributed by atoms with van der Waals surface area (Å²) >= 11 is 0. The maximum Gasteiger partial charge on any atom is 0.410 e. The van der Waals surface area contributed by atoms with E-state index in [1.54, 1.807) is 0 Å². The van der Waals surface area contributed by atoms with E-state index in [4.69, 9.17) is 20.4 Å². The number of hydrogen-bond acceptors (Lipinski definition) is 4. The molecule has 0 aromatic heterocycles. The van der Waals surface area contributed by atoms with Gasteiger partial charge in [0.1, 0.15) is 11.2 Å². The van der Waals surface area contributed by atoms with E-state index in [-0.39, 0.29) is 9.80 Å². The minimum atomic E-state index is -3.50. The maximum absolute atomic E-state index is 12.5. The van der Waals surface area contributed by atoms with Gasteiger partial charge in [-0.2, -0.15) is 0 Å². The zero-order chi connectivity index (χ0) is 22.7. The molecule has 0 aromatic rings. The van der Waals surface area contributed by atoms with Gasteiger partial charge in [0.15, 0.2) is 0 Å². The van der Waals surface area contributed by atoms with Crippen molar-refractivity contribution in [1.82, 2.24) is 9.80 Å². The molecule has 0 N–H and O–H groups in total. The summed E-state index contributed by atoms with van der Waals surface area (Å²) in [6, 6.07) is 0. The second kappa shape index (κ2) is 5.89. The van der Waals surface area contributed by atoms with Gasteiger partial charge in [0.25, 0.3) is 0 Å². The van der Waals surface area contributed by atoms with Gasteiger partial charge in [0.2, 0.25) is 0 Å². The standard InChI is InChI=1S/C14H26N2O4/c1-13(2,3)19-11(17)15-7-9-16(10-8-15)12(18)20-14(4,5)6/h7-10H2,1-6H3/i7D2,8D2,9D2,10D2. The van der Waals surface area contributed by atoms with E-state index in [2.05, 4.69) is 0 Å². The van der Waals surface area contributed by atoms with Crippen molar-refractivity contribution < 1.29 is 30.0 Å². The lowest BCUT2D eigenvalue weighted by Crippen LogP contribution is -2.52. The van der Waals surface area contributed by atoms with Crippen LogP contribution < -0.4 is 0 Å². The molecule has 20 heavy (non-hydrogen) atoms. The second-order valence-corrected chi connectivity index (χ2v) is 6.08. The van der Waals surface area contributed by atoms with Crippen LogP contribution >= 0.6 is 0 Å². The van der Waals surface area contributed by atoms with E-state index in [9.17, 15) is 9.59 Å². The molecule has 0 aliphatic carbocycles. The van der Waals surface area contributed by atoms with Gasteiger partial charge in [0, 0.05) is 26.0 Å². The summed E-state index contributed by atoms with van der Waals surface area (Å²) in [7, 11) is 0.